The summed E-state index contributed by atoms with van der Waals surface area (Å²) in [6.07, 6.45) is 0.384. The lowest BCUT2D eigenvalue weighted by Gasteiger charge is -2.26. The monoisotopic (exact) mass is 523 g/mol. The van der Waals surface area contributed by atoms with E-state index >= 15 is 0 Å². The lowest BCUT2D eigenvalue weighted by molar-refractivity contribution is -0.136. The molecule has 0 fully saturated rings. The number of methoxy groups -OCH3 is 2. The summed E-state index contributed by atoms with van der Waals surface area (Å²) in [6.45, 7) is 2.41. The van der Waals surface area contributed by atoms with Crippen LogP contribution >= 0.6 is 0 Å². The summed E-state index contributed by atoms with van der Waals surface area (Å²) in [6, 6.07) is 9.27. The Kier molecular flexibility index (Phi) is 8.44. The first-order chi connectivity index (χ1) is 18.3. The average Bonchev–Trinajstić information content (AvgIpc) is 2.90. The minimum atomic E-state index is -0.481. The molecular formula is C26H30FN7O4. The number of ether oxygens (including phenoxy) is 2. The molecule has 3 N–H and O–H groups in total. The number of anilines is 1. The number of hydroxylamine groups is 1. The van der Waals surface area contributed by atoms with Crippen LogP contribution in [0.2, 0.25) is 0 Å². The van der Waals surface area contributed by atoms with Crippen LogP contribution in [-0.4, -0.2) is 72.6 Å². The molecule has 0 saturated carbocycles. The molecule has 1 aliphatic rings. The van der Waals surface area contributed by atoms with E-state index in [1.54, 1.807) is 45.3 Å². The van der Waals surface area contributed by atoms with E-state index in [1.807, 2.05) is 0 Å². The maximum atomic E-state index is 14.4. The summed E-state index contributed by atoms with van der Waals surface area (Å²) in [5, 5.41) is 0. The maximum absolute atomic E-state index is 14.4. The molecule has 1 aliphatic heterocycles. The minimum absolute atomic E-state index is 0.130. The molecular weight excluding hydrogens is 493 g/mol. The van der Waals surface area contributed by atoms with Gasteiger partial charge in [0.2, 0.25) is 11.8 Å². The van der Waals surface area contributed by atoms with Crippen LogP contribution in [0.4, 0.5) is 10.3 Å². The van der Waals surface area contributed by atoms with E-state index in [1.165, 1.54) is 24.1 Å². The number of aryl methyl sites for hydroxylation is 1. The van der Waals surface area contributed by atoms with Gasteiger partial charge in [0.05, 0.1) is 42.4 Å². The van der Waals surface area contributed by atoms with Gasteiger partial charge in [-0.05, 0) is 30.7 Å². The maximum Gasteiger partial charge on any atom is 0.251 e. The van der Waals surface area contributed by atoms with Crippen LogP contribution < -0.4 is 16.0 Å². The summed E-state index contributed by atoms with van der Waals surface area (Å²) in [4.78, 5) is 37.5. The lowest BCUT2D eigenvalue weighted by atomic mass is 9.91. The number of nitrogens with two attached hydrogens (primary N) is 1. The first kappa shape index (κ1) is 26.9. The zero-order valence-electron chi connectivity index (χ0n) is 21.7. The third-order valence-corrected chi connectivity index (χ3v) is 6.09. The Hall–Kier alpha value is -4.16. The van der Waals surface area contributed by atoms with Crippen molar-refractivity contribution < 1.29 is 23.5 Å². The van der Waals surface area contributed by atoms with E-state index < -0.39 is 11.9 Å². The first-order valence-electron chi connectivity index (χ1n) is 11.9. The quantitative estimate of drug-likeness (QED) is 0.405. The molecule has 0 aliphatic carbocycles. The predicted molar refractivity (Wildman–Crippen MR) is 139 cm³/mol. The van der Waals surface area contributed by atoms with Crippen molar-refractivity contribution in [1.82, 2.24) is 25.3 Å². The van der Waals surface area contributed by atoms with Crippen molar-refractivity contribution in [2.45, 2.75) is 19.4 Å². The molecule has 0 spiro atoms. The highest BCUT2D eigenvalue weighted by atomic mass is 19.1. The average molecular weight is 524 g/mol. The number of carbonyl (C=O) groups excluding carboxylic acids is 1. The van der Waals surface area contributed by atoms with E-state index in [9.17, 15) is 9.18 Å². The van der Waals surface area contributed by atoms with Gasteiger partial charge in [0, 0.05) is 38.8 Å². The summed E-state index contributed by atoms with van der Waals surface area (Å²) in [5.74, 6) is 0.231. The number of halogens is 1. The highest BCUT2D eigenvalue weighted by Gasteiger charge is 2.29. The van der Waals surface area contributed by atoms with E-state index in [2.05, 4.69) is 20.4 Å². The molecule has 3 heterocycles. The smallest absolute Gasteiger partial charge is 0.251 e. The van der Waals surface area contributed by atoms with Gasteiger partial charge in [-0.1, -0.05) is 12.1 Å². The standard InChI is InChI=1S/C26H30FN7O4/c1-15-24-21(32-26(28)29-15)13-20(31-25(24)33-38-14-23(35)34(2)10-11-36-3)17-9-8-16(27)12-18(17)19-6-5-7-22(30-19)37-4/h5-9,12,20H,10-11,13-14H2,1-4H3,(H,31,33)(H2,28,29,32)/t20-/m1/s1. The molecule has 1 amide bonds. The molecule has 38 heavy (non-hydrogen) atoms. The molecule has 3 aromatic rings. The summed E-state index contributed by atoms with van der Waals surface area (Å²) >= 11 is 0. The lowest BCUT2D eigenvalue weighted by Crippen LogP contribution is -2.37. The van der Waals surface area contributed by atoms with Gasteiger partial charge in [0.25, 0.3) is 5.91 Å². The SMILES string of the molecule is COCCN(C)C(=O)CONC1=N[C@@H](c2ccc(F)cc2-c2cccc(OC)n2)Cc2nc(N)nc(C)c21. The van der Waals surface area contributed by atoms with Crippen LogP contribution in [0.3, 0.4) is 0 Å². The fourth-order valence-electron chi connectivity index (χ4n) is 4.17. The van der Waals surface area contributed by atoms with Gasteiger partial charge in [0.15, 0.2) is 12.4 Å². The van der Waals surface area contributed by atoms with E-state index in [0.717, 1.165) is 5.56 Å². The Morgan fingerprint density at radius 2 is 2.03 bits per heavy atom. The van der Waals surface area contributed by atoms with Gasteiger partial charge in [-0.3, -0.25) is 14.6 Å². The number of nitrogens with zero attached hydrogens (tertiary/aromatic N) is 5. The molecule has 2 aromatic heterocycles. The van der Waals surface area contributed by atoms with Crippen molar-refractivity contribution in [2.75, 3.05) is 46.8 Å². The minimum Gasteiger partial charge on any atom is -0.481 e. The second-order valence-corrected chi connectivity index (χ2v) is 8.68. The molecule has 1 atom stereocenters. The van der Waals surface area contributed by atoms with Crippen LogP contribution in [0.5, 0.6) is 5.88 Å². The van der Waals surface area contributed by atoms with E-state index in [-0.39, 0.29) is 18.5 Å². The van der Waals surface area contributed by atoms with Crippen LogP contribution in [0.1, 0.15) is 28.6 Å². The number of hydrogen-bond donors (Lipinski definition) is 2. The number of amidine groups is 1. The normalized spacial score (nSPS) is 14.4. The molecule has 1 aromatic carbocycles. The second-order valence-electron chi connectivity index (χ2n) is 8.68. The molecule has 0 saturated heterocycles. The van der Waals surface area contributed by atoms with Gasteiger partial charge in [0.1, 0.15) is 5.82 Å². The number of nitrogen functional groups attached to an aromatic ring is 1. The summed E-state index contributed by atoms with van der Waals surface area (Å²) in [5.41, 5.74) is 12.5. The number of fused-ring (bicyclic) bond motifs is 1. The molecule has 0 radical (unpaired) electrons. The Morgan fingerprint density at radius 1 is 1.21 bits per heavy atom. The number of rotatable bonds is 9. The Labute approximate surface area is 219 Å². The second kappa shape index (κ2) is 11.9. The first-order valence-corrected chi connectivity index (χ1v) is 11.9. The van der Waals surface area contributed by atoms with Crippen molar-refractivity contribution in [3.63, 3.8) is 0 Å². The van der Waals surface area contributed by atoms with Crippen molar-refractivity contribution in [3.05, 3.63) is 64.7 Å². The van der Waals surface area contributed by atoms with E-state index in [0.29, 0.717) is 59.5 Å². The van der Waals surface area contributed by atoms with Gasteiger partial charge >= 0.3 is 0 Å². The molecule has 4 rings (SSSR count). The van der Waals surface area contributed by atoms with E-state index in [4.69, 9.17) is 25.0 Å². The molecule has 11 nitrogen and oxygen atoms in total. The number of carbonyl (C=O) groups is 1. The number of benzene rings is 1. The van der Waals surface area contributed by atoms with Crippen LogP contribution in [0, 0.1) is 12.7 Å². The Bertz CT molecular complexity index is 1350. The van der Waals surface area contributed by atoms with Crippen molar-refractivity contribution >= 4 is 17.7 Å². The molecule has 12 heteroatoms. The van der Waals surface area contributed by atoms with Crippen molar-refractivity contribution in [3.8, 4) is 17.1 Å². The fraction of sp³-hybridized carbons (Fsp3) is 0.346. The van der Waals surface area contributed by atoms with Crippen molar-refractivity contribution in [2.24, 2.45) is 4.99 Å². The fourth-order valence-corrected chi connectivity index (χ4v) is 4.17. The van der Waals surface area contributed by atoms with Crippen LogP contribution in [0.15, 0.2) is 41.4 Å². The predicted octanol–water partition coefficient (Wildman–Crippen LogP) is 2.25. The number of amides is 1. The van der Waals surface area contributed by atoms with Gasteiger partial charge in [-0.2, -0.15) is 0 Å². The Morgan fingerprint density at radius 3 is 2.79 bits per heavy atom. The molecule has 200 valence electrons. The third kappa shape index (κ3) is 6.03. The summed E-state index contributed by atoms with van der Waals surface area (Å²) < 4.78 is 24.6. The topological polar surface area (TPSA) is 137 Å². The van der Waals surface area contributed by atoms with Crippen molar-refractivity contribution in [1.29, 1.82) is 0 Å². The van der Waals surface area contributed by atoms with Gasteiger partial charge in [-0.25, -0.2) is 24.8 Å². The zero-order valence-corrected chi connectivity index (χ0v) is 21.7. The Balaban J connectivity index is 1.68. The van der Waals surface area contributed by atoms with Gasteiger partial charge < -0.3 is 20.1 Å². The number of aliphatic imine (C=N–C) groups is 1. The number of hydrogen-bond acceptors (Lipinski definition) is 10. The third-order valence-electron chi connectivity index (χ3n) is 6.09. The highest BCUT2D eigenvalue weighted by Crippen LogP contribution is 2.36. The number of pyridine rings is 1. The van der Waals surface area contributed by atoms with Crippen LogP contribution in [-0.2, 0) is 20.8 Å². The highest BCUT2D eigenvalue weighted by molar-refractivity contribution is 6.01. The van der Waals surface area contributed by atoms with Crippen LogP contribution in [0.25, 0.3) is 11.3 Å². The van der Waals surface area contributed by atoms with Gasteiger partial charge in [-0.15, -0.1) is 0 Å². The number of nitrogens with one attached hydrogen (secondary N) is 1. The molecule has 0 unspecified atom stereocenters. The number of likely N-dealkylation sites (N-methyl/N-ethyl adjacent to an activating group) is 1. The largest absolute Gasteiger partial charge is 0.481 e. The number of aromatic nitrogens is 3. The summed E-state index contributed by atoms with van der Waals surface area (Å²) in [7, 11) is 4.75. The molecule has 0 bridgehead atoms. The zero-order chi connectivity index (χ0) is 27.2.